The lowest BCUT2D eigenvalue weighted by molar-refractivity contribution is -0.137. The van der Waals surface area contributed by atoms with E-state index >= 15 is 0 Å². The lowest BCUT2D eigenvalue weighted by Gasteiger charge is -2.25. The average molecular weight is 418 g/mol. The van der Waals surface area contributed by atoms with E-state index in [0.717, 1.165) is 37.0 Å². The fourth-order valence-corrected chi connectivity index (χ4v) is 3.80. The fraction of sp³-hybridized carbons (Fsp3) is 0.391. The summed E-state index contributed by atoms with van der Waals surface area (Å²) >= 11 is 0. The predicted octanol–water partition coefficient (Wildman–Crippen LogP) is 4.89. The molecule has 1 aliphatic rings. The highest BCUT2D eigenvalue weighted by Crippen LogP contribution is 2.31. The zero-order chi connectivity index (χ0) is 21.9. The van der Waals surface area contributed by atoms with Crippen LogP contribution in [-0.4, -0.2) is 35.8 Å². The Morgan fingerprint density at radius 1 is 1.00 bits per heavy atom. The molecule has 0 bridgehead atoms. The van der Waals surface area contributed by atoms with Crippen molar-refractivity contribution in [2.75, 3.05) is 7.05 Å². The van der Waals surface area contributed by atoms with Gasteiger partial charge in [0.05, 0.1) is 5.56 Å². The number of hydrogen-bond acceptors (Lipinski definition) is 2. The molecule has 3 rings (SSSR count). The van der Waals surface area contributed by atoms with Crippen LogP contribution < -0.4 is 5.32 Å². The molecule has 1 unspecified atom stereocenters. The van der Waals surface area contributed by atoms with Crippen LogP contribution in [0.2, 0.25) is 0 Å². The lowest BCUT2D eigenvalue weighted by atomic mass is 10.0. The predicted molar refractivity (Wildman–Crippen MR) is 109 cm³/mol. The molecule has 1 saturated carbocycles. The number of amides is 2. The second-order valence-corrected chi connectivity index (χ2v) is 7.65. The summed E-state index contributed by atoms with van der Waals surface area (Å²) in [5.41, 5.74) is 1.23. The van der Waals surface area contributed by atoms with Gasteiger partial charge in [0.2, 0.25) is 5.91 Å². The monoisotopic (exact) mass is 418 g/mol. The minimum absolute atomic E-state index is 0.0217. The smallest absolute Gasteiger partial charge is 0.353 e. The molecule has 0 spiro atoms. The number of hydrogen-bond donors (Lipinski definition) is 1. The summed E-state index contributed by atoms with van der Waals surface area (Å²) < 4.78 is 38.1. The van der Waals surface area contributed by atoms with E-state index in [1.165, 1.54) is 12.1 Å². The number of nitrogens with one attached hydrogen (secondary N) is 1. The number of carbonyl (C=O) groups is 2. The first-order valence-corrected chi connectivity index (χ1v) is 10.0. The van der Waals surface area contributed by atoms with Gasteiger partial charge in [0.1, 0.15) is 0 Å². The first kappa shape index (κ1) is 21.9. The molecule has 0 heterocycles. The molecule has 7 heteroatoms. The van der Waals surface area contributed by atoms with Gasteiger partial charge in [-0.2, -0.15) is 13.2 Å². The van der Waals surface area contributed by atoms with Crippen LogP contribution in [0.1, 0.15) is 48.5 Å². The normalized spacial score (nSPS) is 18.8. The standard InChI is InChI=1S/C23H25F3N2O2/c1-3-21(29)27-19-12-13-20(14-19)28(2)22(30)17-6-4-15(5-7-17)16-8-10-18(11-9-16)23(24,25)26/h4-11,19-20H,3,12-14H2,1-2H3,(H,27,29)/t19?,20-/m0/s1. The average Bonchev–Trinajstić information content (AvgIpc) is 3.20. The van der Waals surface area contributed by atoms with Crippen LogP contribution in [0.4, 0.5) is 13.2 Å². The molecule has 0 saturated heterocycles. The van der Waals surface area contributed by atoms with Crippen LogP contribution in [0.3, 0.4) is 0 Å². The molecule has 2 amide bonds. The van der Waals surface area contributed by atoms with Gasteiger partial charge in [-0.3, -0.25) is 9.59 Å². The Morgan fingerprint density at radius 2 is 1.57 bits per heavy atom. The molecule has 0 aliphatic heterocycles. The Bertz CT molecular complexity index is 892. The van der Waals surface area contributed by atoms with E-state index in [2.05, 4.69) is 5.32 Å². The first-order chi connectivity index (χ1) is 14.2. The third kappa shape index (κ3) is 5.01. The summed E-state index contributed by atoms with van der Waals surface area (Å²) in [6.45, 7) is 1.81. The SMILES string of the molecule is CCC(=O)NC1CC[C@H](N(C)C(=O)c2ccc(-c3ccc(C(F)(F)F)cc3)cc2)C1. The van der Waals surface area contributed by atoms with Gasteiger partial charge >= 0.3 is 6.18 Å². The number of carbonyl (C=O) groups excluding carboxylic acids is 2. The van der Waals surface area contributed by atoms with Crippen LogP contribution in [0.5, 0.6) is 0 Å². The van der Waals surface area contributed by atoms with E-state index in [1.54, 1.807) is 36.2 Å². The largest absolute Gasteiger partial charge is 0.416 e. The molecular formula is C23H25F3N2O2. The summed E-state index contributed by atoms with van der Waals surface area (Å²) in [6.07, 6.45) is -1.50. The number of nitrogens with zero attached hydrogens (tertiary/aromatic N) is 1. The third-order valence-corrected chi connectivity index (χ3v) is 5.64. The van der Waals surface area contributed by atoms with E-state index in [4.69, 9.17) is 0 Å². The van der Waals surface area contributed by atoms with Crippen LogP contribution in [0.15, 0.2) is 48.5 Å². The number of halogens is 3. The van der Waals surface area contributed by atoms with Gasteiger partial charge in [-0.05, 0) is 54.7 Å². The molecule has 30 heavy (non-hydrogen) atoms. The van der Waals surface area contributed by atoms with Crippen molar-refractivity contribution in [1.29, 1.82) is 0 Å². The maximum absolute atomic E-state index is 12.8. The molecule has 0 aromatic heterocycles. The van der Waals surface area contributed by atoms with E-state index in [9.17, 15) is 22.8 Å². The molecular weight excluding hydrogens is 393 g/mol. The van der Waals surface area contributed by atoms with Crippen molar-refractivity contribution in [1.82, 2.24) is 10.2 Å². The lowest BCUT2D eigenvalue weighted by Crippen LogP contribution is -2.38. The van der Waals surface area contributed by atoms with E-state index in [1.807, 2.05) is 6.92 Å². The number of rotatable bonds is 5. The zero-order valence-corrected chi connectivity index (χ0v) is 17.0. The second kappa shape index (κ2) is 8.90. The summed E-state index contributed by atoms with van der Waals surface area (Å²) in [5.74, 6) is -0.0880. The first-order valence-electron chi connectivity index (χ1n) is 10.0. The fourth-order valence-electron chi connectivity index (χ4n) is 3.80. The quantitative estimate of drug-likeness (QED) is 0.752. The topological polar surface area (TPSA) is 49.4 Å². The maximum Gasteiger partial charge on any atom is 0.416 e. The Labute approximate surface area is 174 Å². The molecule has 1 aliphatic carbocycles. The molecule has 2 aromatic rings. The molecule has 1 fully saturated rings. The van der Waals surface area contributed by atoms with Crippen LogP contribution >= 0.6 is 0 Å². The minimum Gasteiger partial charge on any atom is -0.353 e. The molecule has 2 atom stereocenters. The molecule has 2 aromatic carbocycles. The van der Waals surface area contributed by atoms with Crippen LogP contribution in [0.25, 0.3) is 11.1 Å². The number of benzene rings is 2. The van der Waals surface area contributed by atoms with Gasteiger partial charge < -0.3 is 10.2 Å². The van der Waals surface area contributed by atoms with Crippen molar-refractivity contribution < 1.29 is 22.8 Å². The zero-order valence-electron chi connectivity index (χ0n) is 17.0. The molecule has 0 radical (unpaired) electrons. The van der Waals surface area contributed by atoms with Gasteiger partial charge in [-0.1, -0.05) is 31.2 Å². The molecule has 4 nitrogen and oxygen atoms in total. The Kier molecular flexibility index (Phi) is 6.48. The summed E-state index contributed by atoms with van der Waals surface area (Å²) in [7, 11) is 1.76. The van der Waals surface area contributed by atoms with E-state index < -0.39 is 11.7 Å². The van der Waals surface area contributed by atoms with Crippen LogP contribution in [0, 0.1) is 0 Å². The second-order valence-electron chi connectivity index (χ2n) is 7.65. The van der Waals surface area contributed by atoms with Gasteiger partial charge in [-0.15, -0.1) is 0 Å². The highest BCUT2D eigenvalue weighted by molar-refractivity contribution is 5.94. The van der Waals surface area contributed by atoms with Gasteiger partial charge in [0.25, 0.3) is 5.91 Å². The molecule has 1 N–H and O–H groups in total. The number of alkyl halides is 3. The highest BCUT2D eigenvalue weighted by Gasteiger charge is 2.31. The van der Waals surface area contributed by atoms with Crippen molar-refractivity contribution >= 4 is 11.8 Å². The van der Waals surface area contributed by atoms with E-state index in [0.29, 0.717) is 17.5 Å². The Balaban J connectivity index is 1.64. The van der Waals surface area contributed by atoms with Crippen molar-refractivity contribution in [3.8, 4) is 11.1 Å². The highest BCUT2D eigenvalue weighted by atomic mass is 19.4. The van der Waals surface area contributed by atoms with Crippen molar-refractivity contribution in [3.63, 3.8) is 0 Å². The van der Waals surface area contributed by atoms with Crippen molar-refractivity contribution in [3.05, 3.63) is 59.7 Å². The summed E-state index contributed by atoms with van der Waals surface area (Å²) in [4.78, 5) is 26.1. The molecule has 160 valence electrons. The van der Waals surface area contributed by atoms with Gasteiger partial charge in [0.15, 0.2) is 0 Å². The Morgan fingerprint density at radius 3 is 2.10 bits per heavy atom. The summed E-state index contributed by atoms with van der Waals surface area (Å²) in [5, 5.41) is 2.98. The third-order valence-electron chi connectivity index (χ3n) is 5.64. The van der Waals surface area contributed by atoms with Crippen molar-refractivity contribution in [2.24, 2.45) is 0 Å². The van der Waals surface area contributed by atoms with Gasteiger partial charge in [-0.25, -0.2) is 0 Å². The van der Waals surface area contributed by atoms with E-state index in [-0.39, 0.29) is 23.9 Å². The van der Waals surface area contributed by atoms with Gasteiger partial charge in [0, 0.05) is 31.1 Å². The Hall–Kier alpha value is -2.83. The maximum atomic E-state index is 12.8. The van der Waals surface area contributed by atoms with Crippen molar-refractivity contribution in [2.45, 2.75) is 50.9 Å². The minimum atomic E-state index is -4.36. The van der Waals surface area contributed by atoms with Crippen LogP contribution in [-0.2, 0) is 11.0 Å². The summed E-state index contributed by atoms with van der Waals surface area (Å²) in [6, 6.07) is 12.0.